The highest BCUT2D eigenvalue weighted by Gasteiger charge is 2.33. The number of nitrogens with zero attached hydrogens (tertiary/aromatic N) is 1. The summed E-state index contributed by atoms with van der Waals surface area (Å²) in [6.07, 6.45) is 3.11. The first-order chi connectivity index (χ1) is 10.0. The fraction of sp³-hybridized carbons (Fsp3) is 0.600. The predicted octanol–water partition coefficient (Wildman–Crippen LogP) is 3.24. The smallest absolute Gasteiger partial charge is 0.246 e. The zero-order valence-electron chi connectivity index (χ0n) is 12.5. The van der Waals surface area contributed by atoms with Gasteiger partial charge in [-0.3, -0.25) is 0 Å². The van der Waals surface area contributed by atoms with E-state index in [0.717, 1.165) is 24.8 Å². The third kappa shape index (κ3) is 3.52. The van der Waals surface area contributed by atoms with E-state index in [0.29, 0.717) is 30.6 Å². The summed E-state index contributed by atoms with van der Waals surface area (Å²) in [7, 11) is -2.01. The average molecular weight is 332 g/mol. The maximum Gasteiger partial charge on any atom is 0.246 e. The number of rotatable bonds is 6. The van der Waals surface area contributed by atoms with Gasteiger partial charge in [0.25, 0.3) is 0 Å². The van der Waals surface area contributed by atoms with E-state index in [-0.39, 0.29) is 4.90 Å². The van der Waals surface area contributed by atoms with Gasteiger partial charge in [-0.15, -0.1) is 11.6 Å². The summed E-state index contributed by atoms with van der Waals surface area (Å²) in [6.45, 7) is 3.33. The maximum atomic E-state index is 12.8. The molecule has 4 nitrogen and oxygen atoms in total. The minimum atomic E-state index is -3.49. The molecule has 1 atom stereocenters. The molecule has 0 radical (unpaired) electrons. The van der Waals surface area contributed by atoms with Crippen LogP contribution in [0.5, 0.6) is 5.75 Å². The zero-order chi connectivity index (χ0) is 15.5. The molecule has 2 rings (SSSR count). The molecule has 0 saturated carbocycles. The number of sulfonamides is 1. The van der Waals surface area contributed by atoms with Gasteiger partial charge < -0.3 is 4.74 Å². The van der Waals surface area contributed by atoms with Crippen molar-refractivity contribution >= 4 is 21.6 Å². The molecule has 0 N–H and O–H groups in total. The van der Waals surface area contributed by atoms with Crippen molar-refractivity contribution in [2.45, 2.75) is 37.0 Å². The van der Waals surface area contributed by atoms with Gasteiger partial charge in [0.1, 0.15) is 10.6 Å². The number of halogens is 1. The first-order valence-electron chi connectivity index (χ1n) is 7.26. The summed E-state index contributed by atoms with van der Waals surface area (Å²) in [5.41, 5.74) is 0.845. The molecule has 6 heteroatoms. The van der Waals surface area contributed by atoms with E-state index in [1.807, 2.05) is 0 Å². The Morgan fingerprint density at radius 2 is 2.19 bits per heavy atom. The molecule has 1 aromatic carbocycles. The van der Waals surface area contributed by atoms with Gasteiger partial charge >= 0.3 is 0 Å². The van der Waals surface area contributed by atoms with Crippen LogP contribution < -0.4 is 4.74 Å². The van der Waals surface area contributed by atoms with E-state index in [1.54, 1.807) is 22.5 Å². The summed E-state index contributed by atoms with van der Waals surface area (Å²) in [5, 5.41) is 0. The Balaban J connectivity index is 2.28. The summed E-state index contributed by atoms with van der Waals surface area (Å²) in [4.78, 5) is 0.232. The highest BCUT2D eigenvalue weighted by atomic mass is 35.5. The van der Waals surface area contributed by atoms with Crippen LogP contribution in [-0.2, 0) is 15.9 Å². The molecular formula is C15H22ClNO3S. The lowest BCUT2D eigenvalue weighted by Crippen LogP contribution is -2.29. The van der Waals surface area contributed by atoms with E-state index in [2.05, 4.69) is 6.92 Å². The number of alkyl halides is 1. The van der Waals surface area contributed by atoms with Crippen molar-refractivity contribution in [2.75, 3.05) is 20.2 Å². The minimum absolute atomic E-state index is 0.232. The number of methoxy groups -OCH3 is 1. The molecule has 1 heterocycles. The van der Waals surface area contributed by atoms with E-state index in [1.165, 1.54) is 7.11 Å². The molecule has 118 valence electrons. The fourth-order valence-corrected chi connectivity index (χ4v) is 4.64. The molecule has 0 bridgehead atoms. The third-order valence-corrected chi connectivity index (χ3v) is 6.16. The van der Waals surface area contributed by atoms with E-state index in [9.17, 15) is 8.42 Å². The summed E-state index contributed by atoms with van der Waals surface area (Å²) in [6, 6.07) is 5.03. The number of benzene rings is 1. The lowest BCUT2D eigenvalue weighted by molar-refractivity contribution is 0.396. The van der Waals surface area contributed by atoms with Crippen molar-refractivity contribution in [2.24, 2.45) is 5.92 Å². The third-order valence-electron chi connectivity index (χ3n) is 3.95. The van der Waals surface area contributed by atoms with Crippen molar-refractivity contribution in [3.8, 4) is 5.75 Å². The van der Waals surface area contributed by atoms with E-state index < -0.39 is 10.0 Å². The summed E-state index contributed by atoms with van der Waals surface area (Å²) < 4.78 is 32.4. The minimum Gasteiger partial charge on any atom is -0.495 e. The van der Waals surface area contributed by atoms with Crippen LogP contribution in [0.15, 0.2) is 23.1 Å². The van der Waals surface area contributed by atoms with Crippen LogP contribution >= 0.6 is 11.6 Å². The molecule has 0 amide bonds. The van der Waals surface area contributed by atoms with Crippen molar-refractivity contribution < 1.29 is 13.2 Å². The van der Waals surface area contributed by atoms with Gasteiger partial charge in [-0.1, -0.05) is 19.4 Å². The van der Waals surface area contributed by atoms with Gasteiger partial charge in [-0.25, -0.2) is 8.42 Å². The maximum absolute atomic E-state index is 12.8. The van der Waals surface area contributed by atoms with Gasteiger partial charge in [-0.05, 0) is 36.5 Å². The summed E-state index contributed by atoms with van der Waals surface area (Å²) in [5.74, 6) is 1.17. The lowest BCUT2D eigenvalue weighted by Gasteiger charge is -2.18. The molecule has 1 aromatic rings. The van der Waals surface area contributed by atoms with Crippen LogP contribution in [0.1, 0.15) is 31.7 Å². The molecule has 0 aliphatic carbocycles. The molecule has 1 aliphatic heterocycles. The molecule has 0 spiro atoms. The monoisotopic (exact) mass is 331 g/mol. The van der Waals surface area contributed by atoms with E-state index >= 15 is 0 Å². The standard InChI is InChI=1S/C15H22ClNO3S/c1-3-4-12-7-8-17(11-12)21(18,19)15-6-5-13(10-16)9-14(15)20-2/h5-6,9,12H,3-4,7-8,10-11H2,1-2H3. The topological polar surface area (TPSA) is 46.6 Å². The van der Waals surface area contributed by atoms with Crippen molar-refractivity contribution in [1.29, 1.82) is 0 Å². The molecule has 1 saturated heterocycles. The predicted molar refractivity (Wildman–Crippen MR) is 84.3 cm³/mol. The Labute approximate surface area is 132 Å². The second kappa shape index (κ2) is 6.99. The Morgan fingerprint density at radius 1 is 1.43 bits per heavy atom. The van der Waals surface area contributed by atoms with Crippen LogP contribution in [0.2, 0.25) is 0 Å². The van der Waals surface area contributed by atoms with Crippen LogP contribution in [-0.4, -0.2) is 32.9 Å². The van der Waals surface area contributed by atoms with Crippen LogP contribution in [0, 0.1) is 5.92 Å². The molecular weight excluding hydrogens is 310 g/mol. The first-order valence-corrected chi connectivity index (χ1v) is 9.23. The Hall–Kier alpha value is -0.780. The number of ether oxygens (including phenoxy) is 1. The fourth-order valence-electron chi connectivity index (χ4n) is 2.81. The van der Waals surface area contributed by atoms with Gasteiger partial charge in [0.15, 0.2) is 0 Å². The average Bonchev–Trinajstić information content (AvgIpc) is 2.96. The highest BCUT2D eigenvalue weighted by molar-refractivity contribution is 7.89. The van der Waals surface area contributed by atoms with Gasteiger partial charge in [0, 0.05) is 19.0 Å². The van der Waals surface area contributed by atoms with Crippen molar-refractivity contribution in [1.82, 2.24) is 4.31 Å². The van der Waals surface area contributed by atoms with Gasteiger partial charge in [0.2, 0.25) is 10.0 Å². The zero-order valence-corrected chi connectivity index (χ0v) is 14.1. The molecule has 1 unspecified atom stereocenters. The Bertz CT molecular complexity index is 589. The van der Waals surface area contributed by atoms with Crippen LogP contribution in [0.3, 0.4) is 0 Å². The van der Waals surface area contributed by atoms with Crippen LogP contribution in [0.25, 0.3) is 0 Å². The number of hydrogen-bond donors (Lipinski definition) is 0. The Morgan fingerprint density at radius 3 is 2.81 bits per heavy atom. The number of hydrogen-bond acceptors (Lipinski definition) is 3. The largest absolute Gasteiger partial charge is 0.495 e. The highest BCUT2D eigenvalue weighted by Crippen LogP contribution is 2.32. The Kier molecular flexibility index (Phi) is 5.52. The van der Waals surface area contributed by atoms with Gasteiger partial charge in [0.05, 0.1) is 7.11 Å². The van der Waals surface area contributed by atoms with Gasteiger partial charge in [-0.2, -0.15) is 4.31 Å². The van der Waals surface area contributed by atoms with E-state index in [4.69, 9.17) is 16.3 Å². The molecule has 21 heavy (non-hydrogen) atoms. The molecule has 1 fully saturated rings. The van der Waals surface area contributed by atoms with Crippen molar-refractivity contribution in [3.05, 3.63) is 23.8 Å². The second-order valence-electron chi connectivity index (χ2n) is 5.43. The first kappa shape index (κ1) is 16.6. The molecule has 1 aliphatic rings. The quantitative estimate of drug-likeness (QED) is 0.752. The second-order valence-corrected chi connectivity index (χ2v) is 7.60. The normalized spacial score (nSPS) is 19.9. The molecule has 0 aromatic heterocycles. The van der Waals surface area contributed by atoms with Crippen LogP contribution in [0.4, 0.5) is 0 Å². The lowest BCUT2D eigenvalue weighted by atomic mass is 10.0. The van der Waals surface area contributed by atoms with Crippen molar-refractivity contribution in [3.63, 3.8) is 0 Å². The summed E-state index contributed by atoms with van der Waals surface area (Å²) >= 11 is 5.79. The SMILES string of the molecule is CCCC1CCN(S(=O)(=O)c2ccc(CCl)cc2OC)C1.